The summed E-state index contributed by atoms with van der Waals surface area (Å²) < 4.78 is 7.47. The maximum absolute atomic E-state index is 8.58. The number of hydrazine groups is 1. The van der Waals surface area contributed by atoms with E-state index in [0.717, 1.165) is 39.5 Å². The highest BCUT2D eigenvalue weighted by Crippen LogP contribution is 2.32. The highest BCUT2D eigenvalue weighted by Gasteiger charge is 2.22. The molecule has 4 aromatic rings. The summed E-state index contributed by atoms with van der Waals surface area (Å²) in [6, 6.07) is 24.4. The Kier molecular flexibility index (Phi) is 7.23. The molecule has 1 amide bonds. The average Bonchev–Trinajstić information content (AvgIpc) is 3.19. The van der Waals surface area contributed by atoms with Crippen LogP contribution in [0.1, 0.15) is 19.4 Å². The van der Waals surface area contributed by atoms with Crippen molar-refractivity contribution in [1.82, 2.24) is 4.98 Å². The molecule has 160 valence electrons. The van der Waals surface area contributed by atoms with Gasteiger partial charge in [0.25, 0.3) is 0 Å². The molecule has 0 spiro atoms. The predicted octanol–water partition coefficient (Wildman–Crippen LogP) is 4.75. The van der Waals surface area contributed by atoms with E-state index in [1.165, 1.54) is 4.70 Å². The van der Waals surface area contributed by atoms with Gasteiger partial charge in [-0.3, -0.25) is 10.6 Å². The number of carbonyl (C=O) groups excluding carboxylic acids is 1. The monoisotopic (exact) mass is 434 g/mol. The lowest BCUT2D eigenvalue weighted by atomic mass is 9.97. The van der Waals surface area contributed by atoms with Crippen LogP contribution in [0.5, 0.6) is 5.75 Å². The number of amides is 1. The van der Waals surface area contributed by atoms with E-state index in [-0.39, 0.29) is 12.0 Å². The number of benzene rings is 3. The van der Waals surface area contributed by atoms with Gasteiger partial charge >= 0.3 is 0 Å². The zero-order valence-electron chi connectivity index (χ0n) is 17.5. The van der Waals surface area contributed by atoms with E-state index in [1.54, 1.807) is 11.3 Å². The normalized spacial score (nSPS) is 10.8. The van der Waals surface area contributed by atoms with Gasteiger partial charge in [0, 0.05) is 12.0 Å². The molecule has 7 heteroatoms. The maximum atomic E-state index is 8.58. The zero-order chi connectivity index (χ0) is 22.3. The van der Waals surface area contributed by atoms with E-state index in [0.29, 0.717) is 0 Å². The van der Waals surface area contributed by atoms with Gasteiger partial charge in [0.15, 0.2) is 0 Å². The SMILES string of the molecule is CC(C)(Cc1ccccc1NN)Oc1ccc(-c2nc3ccccc3s2)cc1.NC=O. The lowest BCUT2D eigenvalue weighted by Crippen LogP contribution is -2.31. The van der Waals surface area contributed by atoms with Crippen molar-refractivity contribution in [2.24, 2.45) is 11.6 Å². The van der Waals surface area contributed by atoms with Crippen LogP contribution in [0.15, 0.2) is 72.8 Å². The number of rotatable bonds is 6. The van der Waals surface area contributed by atoms with Gasteiger partial charge in [0.2, 0.25) is 6.41 Å². The van der Waals surface area contributed by atoms with E-state index in [2.05, 4.69) is 49.3 Å². The van der Waals surface area contributed by atoms with Crippen LogP contribution in [-0.4, -0.2) is 17.0 Å². The first-order valence-corrected chi connectivity index (χ1v) is 10.6. The van der Waals surface area contributed by atoms with Crippen molar-refractivity contribution < 1.29 is 9.53 Å². The molecule has 5 N–H and O–H groups in total. The van der Waals surface area contributed by atoms with Crippen LogP contribution in [0.3, 0.4) is 0 Å². The smallest absolute Gasteiger partial charge is 0.204 e. The molecule has 0 unspecified atom stereocenters. The molecule has 0 saturated carbocycles. The Hall–Kier alpha value is -3.42. The van der Waals surface area contributed by atoms with Gasteiger partial charge < -0.3 is 15.9 Å². The Labute approximate surface area is 185 Å². The van der Waals surface area contributed by atoms with Crippen LogP contribution in [0, 0.1) is 0 Å². The van der Waals surface area contributed by atoms with Crippen molar-refractivity contribution in [3.05, 3.63) is 78.4 Å². The minimum atomic E-state index is -0.371. The van der Waals surface area contributed by atoms with Crippen molar-refractivity contribution in [3.63, 3.8) is 0 Å². The number of nitrogens with one attached hydrogen (secondary N) is 1. The summed E-state index contributed by atoms with van der Waals surface area (Å²) in [6.07, 6.45) is 0.993. The third-order valence-corrected chi connectivity index (χ3v) is 5.66. The lowest BCUT2D eigenvalue weighted by Gasteiger charge is -2.27. The van der Waals surface area contributed by atoms with Gasteiger partial charge in [-0.2, -0.15) is 0 Å². The molecule has 6 nitrogen and oxygen atoms in total. The Bertz CT molecular complexity index is 1110. The number of para-hydroxylation sites is 2. The first-order chi connectivity index (χ1) is 15.0. The molecule has 0 aliphatic carbocycles. The molecule has 1 aromatic heterocycles. The third-order valence-electron chi connectivity index (χ3n) is 4.58. The topological polar surface area (TPSA) is 103 Å². The minimum Gasteiger partial charge on any atom is -0.488 e. The number of fused-ring (bicyclic) bond motifs is 1. The second-order valence-electron chi connectivity index (χ2n) is 7.49. The number of nitrogens with zero attached hydrogens (tertiary/aromatic N) is 1. The highest BCUT2D eigenvalue weighted by atomic mass is 32.1. The van der Waals surface area contributed by atoms with Crippen molar-refractivity contribution >= 4 is 33.7 Å². The zero-order valence-corrected chi connectivity index (χ0v) is 18.4. The molecule has 31 heavy (non-hydrogen) atoms. The van der Waals surface area contributed by atoms with Gasteiger partial charge in [-0.15, -0.1) is 11.3 Å². The van der Waals surface area contributed by atoms with Crippen molar-refractivity contribution in [2.45, 2.75) is 25.9 Å². The molecule has 3 aromatic carbocycles. The second-order valence-corrected chi connectivity index (χ2v) is 8.52. The van der Waals surface area contributed by atoms with Crippen molar-refractivity contribution in [1.29, 1.82) is 0 Å². The Morgan fingerprint density at radius 3 is 2.35 bits per heavy atom. The summed E-state index contributed by atoms with van der Waals surface area (Å²) >= 11 is 1.70. The van der Waals surface area contributed by atoms with Crippen LogP contribution >= 0.6 is 11.3 Å². The van der Waals surface area contributed by atoms with E-state index in [1.807, 2.05) is 48.5 Å². The molecule has 0 aliphatic heterocycles. The van der Waals surface area contributed by atoms with Crippen LogP contribution in [-0.2, 0) is 11.2 Å². The summed E-state index contributed by atoms with van der Waals surface area (Å²) in [4.78, 5) is 13.3. The number of nitrogen functional groups attached to an aromatic ring is 1. The minimum absolute atomic E-state index is 0.250. The Morgan fingerprint density at radius 2 is 1.68 bits per heavy atom. The number of aromatic nitrogens is 1. The number of primary amides is 1. The highest BCUT2D eigenvalue weighted by molar-refractivity contribution is 7.21. The number of thiazole rings is 1. The maximum Gasteiger partial charge on any atom is 0.204 e. The molecular formula is C24H26N4O2S. The number of ether oxygens (including phenoxy) is 1. The molecule has 0 aliphatic rings. The standard InChI is InChI=1S/C23H23N3OS.CH3NO/c1-23(2,15-17-7-3-4-8-19(17)26-24)27-18-13-11-16(12-14-18)22-25-20-9-5-6-10-21(20)28-22;2-1-3/h3-14,26H,15,24H2,1-2H3;1H,(H2,2,3). The summed E-state index contributed by atoms with van der Waals surface area (Å²) in [6.45, 7) is 4.17. The first-order valence-electron chi connectivity index (χ1n) is 9.80. The fourth-order valence-electron chi connectivity index (χ4n) is 3.29. The summed E-state index contributed by atoms with van der Waals surface area (Å²) in [5, 5.41) is 1.02. The molecule has 0 atom stereocenters. The number of nitrogens with two attached hydrogens (primary N) is 2. The summed E-state index contributed by atoms with van der Waals surface area (Å²) in [5.41, 5.74) is 10.7. The largest absolute Gasteiger partial charge is 0.488 e. The van der Waals surface area contributed by atoms with Crippen molar-refractivity contribution in [3.8, 4) is 16.3 Å². The van der Waals surface area contributed by atoms with Crippen LogP contribution < -0.4 is 21.7 Å². The third kappa shape index (κ3) is 5.81. The van der Waals surface area contributed by atoms with Gasteiger partial charge in [0.05, 0.1) is 15.9 Å². The first kappa shape index (κ1) is 22.3. The summed E-state index contributed by atoms with van der Waals surface area (Å²) in [7, 11) is 0. The van der Waals surface area contributed by atoms with Crippen LogP contribution in [0.4, 0.5) is 5.69 Å². The molecule has 0 bridgehead atoms. The quantitative estimate of drug-likeness (QED) is 0.231. The second kappa shape index (κ2) is 10.1. The van der Waals surface area contributed by atoms with Gasteiger partial charge in [0.1, 0.15) is 16.4 Å². The van der Waals surface area contributed by atoms with E-state index in [9.17, 15) is 0 Å². The molecular weight excluding hydrogens is 408 g/mol. The Balaban J connectivity index is 0.000000858. The van der Waals surface area contributed by atoms with E-state index >= 15 is 0 Å². The molecule has 0 saturated heterocycles. The number of hydrogen-bond donors (Lipinski definition) is 3. The average molecular weight is 435 g/mol. The molecule has 0 fully saturated rings. The summed E-state index contributed by atoms with van der Waals surface area (Å²) in [5.74, 6) is 6.47. The van der Waals surface area contributed by atoms with Gasteiger partial charge in [-0.05, 0) is 61.9 Å². The molecule has 0 radical (unpaired) electrons. The van der Waals surface area contributed by atoms with E-state index < -0.39 is 0 Å². The number of carbonyl (C=O) groups is 1. The van der Waals surface area contributed by atoms with Gasteiger partial charge in [-0.1, -0.05) is 30.3 Å². The molecule has 4 rings (SSSR count). The predicted molar refractivity (Wildman–Crippen MR) is 128 cm³/mol. The lowest BCUT2D eigenvalue weighted by molar-refractivity contribution is -0.106. The van der Waals surface area contributed by atoms with Crippen LogP contribution in [0.25, 0.3) is 20.8 Å². The fourth-order valence-corrected chi connectivity index (χ4v) is 4.26. The van der Waals surface area contributed by atoms with Gasteiger partial charge in [-0.25, -0.2) is 4.98 Å². The van der Waals surface area contributed by atoms with E-state index in [4.69, 9.17) is 20.4 Å². The van der Waals surface area contributed by atoms with Crippen LogP contribution in [0.2, 0.25) is 0 Å². The molecule has 1 heterocycles. The Morgan fingerprint density at radius 1 is 1.03 bits per heavy atom. The number of anilines is 1. The fraction of sp³-hybridized carbons (Fsp3) is 0.167. The van der Waals surface area contributed by atoms with Crippen molar-refractivity contribution in [2.75, 3.05) is 5.43 Å². The number of hydrogen-bond acceptors (Lipinski definition) is 6.